The largest absolute Gasteiger partial charge is 0.207 e. The van der Waals surface area contributed by atoms with Crippen LogP contribution in [0.4, 0.5) is 4.39 Å². The summed E-state index contributed by atoms with van der Waals surface area (Å²) in [7, 11) is 0. The summed E-state index contributed by atoms with van der Waals surface area (Å²) in [5.74, 6) is -0.126. The monoisotopic (exact) mass is 148 g/mol. The van der Waals surface area contributed by atoms with Crippen molar-refractivity contribution in [2.75, 3.05) is 0 Å². The summed E-state index contributed by atoms with van der Waals surface area (Å²) in [6.07, 6.45) is 6.19. The highest BCUT2D eigenvalue weighted by atomic mass is 19.1. The SMILES string of the molecule is Fc1ccc2c(c1)CCC=C2. The molecule has 0 atom stereocenters. The minimum atomic E-state index is -0.126. The number of benzene rings is 1. The van der Waals surface area contributed by atoms with E-state index in [4.69, 9.17) is 0 Å². The molecular weight excluding hydrogens is 139 g/mol. The van der Waals surface area contributed by atoms with Gasteiger partial charge in [0.05, 0.1) is 0 Å². The highest BCUT2D eigenvalue weighted by Gasteiger charge is 2.03. The van der Waals surface area contributed by atoms with Crippen LogP contribution in [-0.4, -0.2) is 0 Å². The van der Waals surface area contributed by atoms with E-state index in [-0.39, 0.29) is 5.82 Å². The third-order valence-electron chi connectivity index (χ3n) is 1.98. The molecule has 2 rings (SSSR count). The number of hydrogen-bond donors (Lipinski definition) is 0. The van der Waals surface area contributed by atoms with Crippen molar-refractivity contribution in [3.05, 3.63) is 41.2 Å². The molecule has 0 aromatic heterocycles. The third-order valence-corrected chi connectivity index (χ3v) is 1.98. The lowest BCUT2D eigenvalue weighted by Gasteiger charge is -2.08. The zero-order valence-electron chi connectivity index (χ0n) is 6.18. The van der Waals surface area contributed by atoms with Gasteiger partial charge in [-0.1, -0.05) is 18.2 Å². The molecule has 0 radical (unpaired) electrons. The molecular formula is C10H9F. The molecule has 56 valence electrons. The molecule has 1 aromatic rings. The second-order valence-corrected chi connectivity index (χ2v) is 2.78. The Morgan fingerprint density at radius 1 is 1.27 bits per heavy atom. The lowest BCUT2D eigenvalue weighted by molar-refractivity contribution is 0.625. The summed E-state index contributed by atoms with van der Waals surface area (Å²) < 4.78 is 12.7. The molecule has 1 aromatic carbocycles. The van der Waals surface area contributed by atoms with Gasteiger partial charge in [-0.05, 0) is 36.1 Å². The van der Waals surface area contributed by atoms with Crippen molar-refractivity contribution in [3.63, 3.8) is 0 Å². The fourth-order valence-corrected chi connectivity index (χ4v) is 1.40. The van der Waals surface area contributed by atoms with Crippen LogP contribution in [-0.2, 0) is 6.42 Å². The van der Waals surface area contributed by atoms with Crippen LogP contribution in [0, 0.1) is 5.82 Å². The van der Waals surface area contributed by atoms with E-state index in [0.29, 0.717) is 0 Å². The van der Waals surface area contributed by atoms with Crippen molar-refractivity contribution in [1.29, 1.82) is 0 Å². The van der Waals surface area contributed by atoms with Gasteiger partial charge in [-0.2, -0.15) is 0 Å². The summed E-state index contributed by atoms with van der Waals surface area (Å²) in [5, 5.41) is 0. The maximum atomic E-state index is 12.7. The van der Waals surface area contributed by atoms with Crippen LogP contribution >= 0.6 is 0 Å². The van der Waals surface area contributed by atoms with Crippen LogP contribution in [0.5, 0.6) is 0 Å². The number of rotatable bonds is 0. The van der Waals surface area contributed by atoms with Gasteiger partial charge in [-0.15, -0.1) is 0 Å². The number of hydrogen-bond acceptors (Lipinski definition) is 0. The predicted molar refractivity (Wildman–Crippen MR) is 43.8 cm³/mol. The maximum absolute atomic E-state index is 12.7. The highest BCUT2D eigenvalue weighted by Crippen LogP contribution is 2.19. The molecule has 0 unspecified atom stereocenters. The molecule has 0 nitrogen and oxygen atoms in total. The van der Waals surface area contributed by atoms with Gasteiger partial charge in [0.25, 0.3) is 0 Å². The summed E-state index contributed by atoms with van der Waals surface area (Å²) in [6, 6.07) is 4.97. The van der Waals surface area contributed by atoms with Gasteiger partial charge in [-0.3, -0.25) is 0 Å². The minimum Gasteiger partial charge on any atom is -0.207 e. The summed E-state index contributed by atoms with van der Waals surface area (Å²) in [6.45, 7) is 0. The van der Waals surface area contributed by atoms with Crippen LogP contribution in [0.3, 0.4) is 0 Å². The van der Waals surface area contributed by atoms with Crippen LogP contribution in [0.15, 0.2) is 24.3 Å². The molecule has 0 bridgehead atoms. The number of halogens is 1. The molecule has 11 heavy (non-hydrogen) atoms. The second-order valence-electron chi connectivity index (χ2n) is 2.78. The maximum Gasteiger partial charge on any atom is 0.123 e. The first-order valence-electron chi connectivity index (χ1n) is 3.81. The fourth-order valence-electron chi connectivity index (χ4n) is 1.40. The number of aryl methyl sites for hydroxylation is 1. The highest BCUT2D eigenvalue weighted by molar-refractivity contribution is 5.56. The molecule has 0 N–H and O–H groups in total. The average Bonchev–Trinajstić information content (AvgIpc) is 2.04. The molecule has 0 heterocycles. The Kier molecular flexibility index (Phi) is 1.50. The minimum absolute atomic E-state index is 0.126. The van der Waals surface area contributed by atoms with E-state index in [0.717, 1.165) is 24.0 Å². The Morgan fingerprint density at radius 2 is 2.18 bits per heavy atom. The van der Waals surface area contributed by atoms with Crippen molar-refractivity contribution >= 4 is 6.08 Å². The lowest BCUT2D eigenvalue weighted by Crippen LogP contribution is -1.93. The van der Waals surface area contributed by atoms with Gasteiger partial charge in [-0.25, -0.2) is 4.39 Å². The molecule has 1 aliphatic rings. The van der Waals surface area contributed by atoms with Gasteiger partial charge < -0.3 is 0 Å². The Morgan fingerprint density at radius 3 is 3.09 bits per heavy atom. The van der Waals surface area contributed by atoms with E-state index in [1.807, 2.05) is 6.07 Å². The van der Waals surface area contributed by atoms with Crippen LogP contribution < -0.4 is 0 Å². The molecule has 1 aliphatic carbocycles. The predicted octanol–water partition coefficient (Wildman–Crippen LogP) is 2.79. The van der Waals surface area contributed by atoms with E-state index in [1.165, 1.54) is 6.07 Å². The zero-order chi connectivity index (χ0) is 7.68. The molecule has 0 amide bonds. The van der Waals surface area contributed by atoms with Gasteiger partial charge in [0.15, 0.2) is 0 Å². The Bertz CT molecular complexity index is 300. The van der Waals surface area contributed by atoms with Crippen LogP contribution in [0.25, 0.3) is 6.08 Å². The third kappa shape index (κ3) is 1.18. The Labute approximate surface area is 65.4 Å². The van der Waals surface area contributed by atoms with Crippen molar-refractivity contribution in [1.82, 2.24) is 0 Å². The summed E-state index contributed by atoms with van der Waals surface area (Å²) >= 11 is 0. The first-order valence-corrected chi connectivity index (χ1v) is 3.81. The first-order chi connectivity index (χ1) is 5.36. The zero-order valence-corrected chi connectivity index (χ0v) is 6.18. The molecule has 0 saturated heterocycles. The van der Waals surface area contributed by atoms with E-state index in [1.54, 1.807) is 6.07 Å². The van der Waals surface area contributed by atoms with Crippen molar-refractivity contribution in [2.45, 2.75) is 12.8 Å². The fraction of sp³-hybridized carbons (Fsp3) is 0.200. The molecule has 1 heteroatoms. The van der Waals surface area contributed by atoms with E-state index < -0.39 is 0 Å². The van der Waals surface area contributed by atoms with E-state index in [2.05, 4.69) is 12.2 Å². The van der Waals surface area contributed by atoms with Gasteiger partial charge in [0.1, 0.15) is 5.82 Å². The Hall–Kier alpha value is -1.11. The Balaban J connectivity index is 2.53. The second kappa shape index (κ2) is 2.50. The number of allylic oxidation sites excluding steroid dienone is 1. The van der Waals surface area contributed by atoms with Crippen molar-refractivity contribution < 1.29 is 4.39 Å². The number of fused-ring (bicyclic) bond motifs is 1. The van der Waals surface area contributed by atoms with Gasteiger partial charge in [0.2, 0.25) is 0 Å². The van der Waals surface area contributed by atoms with Gasteiger partial charge >= 0.3 is 0 Å². The molecule has 0 fully saturated rings. The normalized spacial score (nSPS) is 14.6. The standard InChI is InChI=1S/C10H9F/c11-10-6-5-8-3-1-2-4-9(8)7-10/h1,3,5-7H,2,4H2. The average molecular weight is 148 g/mol. The lowest BCUT2D eigenvalue weighted by atomic mass is 9.98. The van der Waals surface area contributed by atoms with Gasteiger partial charge in [0, 0.05) is 0 Å². The van der Waals surface area contributed by atoms with Crippen molar-refractivity contribution in [3.8, 4) is 0 Å². The quantitative estimate of drug-likeness (QED) is 0.530. The van der Waals surface area contributed by atoms with E-state index >= 15 is 0 Å². The topological polar surface area (TPSA) is 0 Å². The molecule has 0 aliphatic heterocycles. The summed E-state index contributed by atoms with van der Waals surface area (Å²) in [5.41, 5.74) is 2.30. The smallest absolute Gasteiger partial charge is 0.123 e. The first kappa shape index (κ1) is 6.59. The van der Waals surface area contributed by atoms with Crippen molar-refractivity contribution in [2.24, 2.45) is 0 Å². The van der Waals surface area contributed by atoms with Crippen LogP contribution in [0.1, 0.15) is 17.5 Å². The van der Waals surface area contributed by atoms with Crippen LogP contribution in [0.2, 0.25) is 0 Å². The summed E-state index contributed by atoms with van der Waals surface area (Å²) in [4.78, 5) is 0. The molecule has 0 spiro atoms. The van der Waals surface area contributed by atoms with E-state index in [9.17, 15) is 4.39 Å². The molecule has 0 saturated carbocycles.